The molecule has 1 aromatic carbocycles. The number of alkyl halides is 1. The minimum absolute atomic E-state index is 0.300. The molecule has 0 saturated carbocycles. The van der Waals surface area contributed by atoms with Crippen molar-refractivity contribution >= 4 is 27.7 Å². The number of hydrogen-bond donors (Lipinski definition) is 1. The number of halogens is 1. The molecular formula is C9H8BrNO2. The van der Waals surface area contributed by atoms with Gasteiger partial charge in [-0.2, -0.15) is 0 Å². The second-order valence-electron chi connectivity index (χ2n) is 2.33. The van der Waals surface area contributed by atoms with Gasteiger partial charge in [0.1, 0.15) is 0 Å². The molecule has 68 valence electrons. The molecule has 0 saturated heterocycles. The van der Waals surface area contributed by atoms with Gasteiger partial charge in [0.2, 0.25) is 0 Å². The number of fused-ring (bicyclic) bond motifs is 1. The number of amides is 2. The Bertz CT molecular complexity index is 316. The van der Waals surface area contributed by atoms with Crippen LogP contribution in [-0.4, -0.2) is 17.6 Å². The fourth-order valence-electron chi connectivity index (χ4n) is 1.12. The SMILES string of the molecule is CBr.O=C1NC(=O)c2ccccc21. The average Bonchev–Trinajstić information content (AvgIpc) is 2.47. The van der Waals surface area contributed by atoms with Gasteiger partial charge in [-0.1, -0.05) is 28.1 Å². The fourth-order valence-corrected chi connectivity index (χ4v) is 1.12. The molecule has 3 nitrogen and oxygen atoms in total. The topological polar surface area (TPSA) is 46.2 Å². The van der Waals surface area contributed by atoms with Gasteiger partial charge in [0.05, 0.1) is 11.1 Å². The van der Waals surface area contributed by atoms with E-state index in [9.17, 15) is 9.59 Å². The molecule has 2 amide bonds. The number of nitrogens with one attached hydrogen (secondary N) is 1. The molecule has 0 fully saturated rings. The lowest BCUT2D eigenvalue weighted by Gasteiger charge is -1.88. The summed E-state index contributed by atoms with van der Waals surface area (Å²) in [6.07, 6.45) is 0. The molecule has 1 heterocycles. The first-order valence-corrected chi connectivity index (χ1v) is 5.20. The van der Waals surface area contributed by atoms with Crippen molar-refractivity contribution in [2.24, 2.45) is 0 Å². The maximum atomic E-state index is 10.9. The summed E-state index contributed by atoms with van der Waals surface area (Å²) >= 11 is 2.94. The molecule has 4 heteroatoms. The Kier molecular flexibility index (Phi) is 3.19. The Balaban J connectivity index is 0.000000396. The first-order valence-electron chi connectivity index (χ1n) is 3.61. The maximum absolute atomic E-state index is 10.9. The number of rotatable bonds is 0. The van der Waals surface area contributed by atoms with Gasteiger partial charge in [0.25, 0.3) is 11.8 Å². The first-order chi connectivity index (χ1) is 6.29. The summed E-state index contributed by atoms with van der Waals surface area (Å²) in [4.78, 5) is 21.9. The van der Waals surface area contributed by atoms with Crippen molar-refractivity contribution < 1.29 is 9.59 Å². The average molecular weight is 242 g/mol. The number of hydrogen-bond acceptors (Lipinski definition) is 2. The molecule has 1 N–H and O–H groups in total. The highest BCUT2D eigenvalue weighted by Crippen LogP contribution is 2.13. The Labute approximate surface area is 84.3 Å². The molecule has 0 atom stereocenters. The van der Waals surface area contributed by atoms with Crippen molar-refractivity contribution in [3.05, 3.63) is 35.4 Å². The van der Waals surface area contributed by atoms with Crippen LogP contribution in [0.2, 0.25) is 0 Å². The van der Waals surface area contributed by atoms with Crippen LogP contribution in [0.1, 0.15) is 20.7 Å². The molecule has 0 aromatic heterocycles. The monoisotopic (exact) mass is 241 g/mol. The van der Waals surface area contributed by atoms with Gasteiger partial charge in [-0.25, -0.2) is 0 Å². The fraction of sp³-hybridized carbons (Fsp3) is 0.111. The highest BCUT2D eigenvalue weighted by Gasteiger charge is 2.25. The van der Waals surface area contributed by atoms with E-state index in [-0.39, 0.29) is 11.8 Å². The lowest BCUT2D eigenvalue weighted by molar-refractivity contribution is 0.0879. The number of imide groups is 1. The Hall–Kier alpha value is -1.16. The summed E-state index contributed by atoms with van der Waals surface area (Å²) in [5.74, 6) is 1.21. The van der Waals surface area contributed by atoms with E-state index in [0.29, 0.717) is 11.1 Å². The zero-order valence-electron chi connectivity index (χ0n) is 7.00. The molecule has 2 rings (SSSR count). The summed E-state index contributed by atoms with van der Waals surface area (Å²) < 4.78 is 0. The molecule has 0 bridgehead atoms. The normalized spacial score (nSPS) is 12.8. The van der Waals surface area contributed by atoms with Gasteiger partial charge in [-0.15, -0.1) is 0 Å². The second kappa shape index (κ2) is 4.18. The van der Waals surface area contributed by atoms with Crippen molar-refractivity contribution in [1.82, 2.24) is 5.32 Å². The molecule has 13 heavy (non-hydrogen) atoms. The van der Waals surface area contributed by atoms with Crippen LogP contribution in [-0.2, 0) is 0 Å². The van der Waals surface area contributed by atoms with Crippen LogP contribution in [0.25, 0.3) is 0 Å². The van der Waals surface area contributed by atoms with Crippen molar-refractivity contribution in [2.45, 2.75) is 0 Å². The van der Waals surface area contributed by atoms with Gasteiger partial charge in [0, 0.05) is 0 Å². The van der Waals surface area contributed by atoms with Crippen LogP contribution in [0.4, 0.5) is 0 Å². The quantitative estimate of drug-likeness (QED) is 0.554. The molecule has 0 aliphatic carbocycles. The third kappa shape index (κ3) is 1.78. The lowest BCUT2D eigenvalue weighted by Crippen LogP contribution is -2.19. The van der Waals surface area contributed by atoms with E-state index < -0.39 is 0 Å². The van der Waals surface area contributed by atoms with E-state index in [0.717, 1.165) is 0 Å². The predicted octanol–water partition coefficient (Wildman–Crippen LogP) is 1.58. The van der Waals surface area contributed by atoms with Gasteiger partial charge < -0.3 is 0 Å². The van der Waals surface area contributed by atoms with Crippen LogP contribution in [0.15, 0.2) is 24.3 Å². The Morgan fingerprint density at radius 1 is 1.00 bits per heavy atom. The van der Waals surface area contributed by atoms with Crippen LogP contribution in [0.3, 0.4) is 0 Å². The highest BCUT2D eigenvalue weighted by molar-refractivity contribution is 9.08. The first kappa shape index (κ1) is 9.92. The number of carbonyl (C=O) groups is 2. The molecule has 1 aliphatic heterocycles. The van der Waals surface area contributed by atoms with Crippen molar-refractivity contribution in [3.8, 4) is 0 Å². The molecule has 0 radical (unpaired) electrons. The van der Waals surface area contributed by atoms with E-state index >= 15 is 0 Å². The summed E-state index contributed by atoms with van der Waals surface area (Å²) in [6.45, 7) is 0. The third-order valence-electron chi connectivity index (χ3n) is 1.64. The molecule has 0 spiro atoms. The molecule has 1 aliphatic rings. The number of carbonyl (C=O) groups excluding carboxylic acids is 2. The predicted molar refractivity (Wildman–Crippen MR) is 53.1 cm³/mol. The van der Waals surface area contributed by atoms with Gasteiger partial charge in [0.15, 0.2) is 0 Å². The standard InChI is InChI=1S/C8H5NO2.CH3Br/c10-7-5-3-1-2-4-6(5)8(11)9-7;1-2/h1-4H,(H,9,10,11);1H3. The van der Waals surface area contributed by atoms with Crippen LogP contribution < -0.4 is 5.32 Å². The van der Waals surface area contributed by atoms with E-state index in [1.807, 2.05) is 5.83 Å². The molecule has 1 aromatic rings. The van der Waals surface area contributed by atoms with Crippen molar-refractivity contribution in [1.29, 1.82) is 0 Å². The van der Waals surface area contributed by atoms with Crippen molar-refractivity contribution in [2.75, 3.05) is 5.83 Å². The van der Waals surface area contributed by atoms with E-state index in [1.54, 1.807) is 24.3 Å². The minimum atomic E-state index is -0.300. The largest absolute Gasteiger partial charge is 0.288 e. The number of benzene rings is 1. The smallest absolute Gasteiger partial charge is 0.258 e. The highest BCUT2D eigenvalue weighted by atomic mass is 79.9. The Morgan fingerprint density at radius 3 is 1.77 bits per heavy atom. The summed E-state index contributed by atoms with van der Waals surface area (Å²) in [5.41, 5.74) is 0.940. The van der Waals surface area contributed by atoms with E-state index in [4.69, 9.17) is 0 Å². The van der Waals surface area contributed by atoms with Gasteiger partial charge >= 0.3 is 0 Å². The minimum Gasteiger partial charge on any atom is -0.288 e. The lowest BCUT2D eigenvalue weighted by atomic mass is 10.1. The zero-order valence-corrected chi connectivity index (χ0v) is 8.59. The van der Waals surface area contributed by atoms with Gasteiger partial charge in [-0.3, -0.25) is 14.9 Å². The van der Waals surface area contributed by atoms with Crippen LogP contribution in [0, 0.1) is 0 Å². The third-order valence-corrected chi connectivity index (χ3v) is 1.64. The second-order valence-corrected chi connectivity index (χ2v) is 2.33. The summed E-state index contributed by atoms with van der Waals surface area (Å²) in [5, 5.41) is 2.20. The van der Waals surface area contributed by atoms with Crippen molar-refractivity contribution in [3.63, 3.8) is 0 Å². The Morgan fingerprint density at radius 2 is 1.38 bits per heavy atom. The van der Waals surface area contributed by atoms with E-state index in [1.165, 1.54) is 0 Å². The zero-order chi connectivity index (χ0) is 9.84. The maximum Gasteiger partial charge on any atom is 0.258 e. The van der Waals surface area contributed by atoms with E-state index in [2.05, 4.69) is 21.2 Å². The van der Waals surface area contributed by atoms with Gasteiger partial charge in [-0.05, 0) is 18.0 Å². The molecular weight excluding hydrogens is 234 g/mol. The molecule has 0 unspecified atom stereocenters. The van der Waals surface area contributed by atoms with Crippen LogP contribution >= 0.6 is 15.9 Å². The summed E-state index contributed by atoms with van der Waals surface area (Å²) in [6, 6.07) is 6.74. The van der Waals surface area contributed by atoms with Crippen LogP contribution in [0.5, 0.6) is 0 Å². The summed E-state index contributed by atoms with van der Waals surface area (Å²) in [7, 11) is 0.